The molecule has 0 spiro atoms. The van der Waals surface area contributed by atoms with Crippen LogP contribution >= 0.6 is 0 Å². The molecular formula is C17H30N4O2S. The first-order valence-electron chi connectivity index (χ1n) is 8.40. The average Bonchev–Trinajstić information content (AvgIpc) is 2.55. The molecule has 7 heteroatoms. The van der Waals surface area contributed by atoms with Crippen molar-refractivity contribution in [1.29, 1.82) is 0 Å². The maximum absolute atomic E-state index is 11.4. The lowest BCUT2D eigenvalue weighted by molar-refractivity contribution is 0.476. The van der Waals surface area contributed by atoms with Crippen LogP contribution in [-0.2, 0) is 16.6 Å². The molecule has 0 amide bonds. The smallest absolute Gasteiger partial charge is 0.211 e. The summed E-state index contributed by atoms with van der Waals surface area (Å²) in [6.45, 7) is 8.29. The number of aliphatic imine (C=N–C) groups is 1. The zero-order valence-corrected chi connectivity index (χ0v) is 16.0. The van der Waals surface area contributed by atoms with Crippen molar-refractivity contribution in [2.24, 2.45) is 4.99 Å². The van der Waals surface area contributed by atoms with E-state index in [9.17, 15) is 8.42 Å². The normalized spacial score (nSPS) is 12.2. The fourth-order valence-electron chi connectivity index (χ4n) is 2.11. The van der Waals surface area contributed by atoms with Crippen LogP contribution in [0.15, 0.2) is 29.3 Å². The Kier molecular flexibility index (Phi) is 8.78. The molecule has 0 aliphatic carbocycles. The van der Waals surface area contributed by atoms with Gasteiger partial charge in [-0.2, -0.15) is 0 Å². The maximum atomic E-state index is 11.4. The van der Waals surface area contributed by atoms with E-state index in [0.717, 1.165) is 19.0 Å². The lowest BCUT2D eigenvalue weighted by Crippen LogP contribution is -2.38. The summed E-state index contributed by atoms with van der Waals surface area (Å²) in [5.41, 5.74) is 2.47. The Balaban J connectivity index is 2.53. The van der Waals surface area contributed by atoms with Gasteiger partial charge in [-0.1, -0.05) is 29.8 Å². The van der Waals surface area contributed by atoms with Crippen LogP contribution in [0.3, 0.4) is 0 Å². The Bertz CT molecular complexity index is 612. The van der Waals surface area contributed by atoms with Crippen molar-refractivity contribution in [2.75, 3.05) is 32.4 Å². The molecule has 136 valence electrons. The summed E-state index contributed by atoms with van der Waals surface area (Å²) in [5.74, 6) is 0.939. The van der Waals surface area contributed by atoms with Crippen molar-refractivity contribution in [3.05, 3.63) is 35.4 Å². The molecule has 0 saturated heterocycles. The molecule has 0 bridgehead atoms. The molecule has 1 rings (SSSR count). The van der Waals surface area contributed by atoms with E-state index in [1.54, 1.807) is 6.92 Å². The zero-order valence-electron chi connectivity index (χ0n) is 15.2. The highest BCUT2D eigenvalue weighted by atomic mass is 32.2. The van der Waals surface area contributed by atoms with Gasteiger partial charge >= 0.3 is 0 Å². The molecule has 1 aromatic rings. The second-order valence-corrected chi connectivity index (χ2v) is 7.82. The number of sulfonamides is 1. The second kappa shape index (κ2) is 10.3. The van der Waals surface area contributed by atoms with E-state index >= 15 is 0 Å². The molecule has 0 unspecified atom stereocenters. The fourth-order valence-corrected chi connectivity index (χ4v) is 2.77. The summed E-state index contributed by atoms with van der Waals surface area (Å²) in [7, 11) is -1.11. The highest BCUT2D eigenvalue weighted by molar-refractivity contribution is 7.89. The maximum Gasteiger partial charge on any atom is 0.211 e. The molecule has 0 saturated carbocycles. The van der Waals surface area contributed by atoms with E-state index in [0.29, 0.717) is 19.5 Å². The molecule has 6 nitrogen and oxygen atoms in total. The van der Waals surface area contributed by atoms with Gasteiger partial charge in [-0.3, -0.25) is 4.99 Å². The van der Waals surface area contributed by atoms with Crippen LogP contribution in [0.25, 0.3) is 0 Å². The number of hydrogen-bond acceptors (Lipinski definition) is 3. The molecule has 1 aromatic carbocycles. The first-order chi connectivity index (χ1) is 11.4. The third-order valence-corrected chi connectivity index (χ3v) is 4.94. The summed E-state index contributed by atoms with van der Waals surface area (Å²) in [6.07, 6.45) is 0.673. The molecule has 0 aromatic heterocycles. The molecule has 0 aliphatic heterocycles. The lowest BCUT2D eigenvalue weighted by Gasteiger charge is -2.22. The molecule has 0 radical (unpaired) electrons. The highest BCUT2D eigenvalue weighted by Crippen LogP contribution is 2.06. The lowest BCUT2D eigenvalue weighted by atomic mass is 10.1. The van der Waals surface area contributed by atoms with Gasteiger partial charge in [0.2, 0.25) is 10.0 Å². The van der Waals surface area contributed by atoms with Crippen LogP contribution in [0.2, 0.25) is 0 Å². The predicted octanol–water partition coefficient (Wildman–Crippen LogP) is 1.72. The van der Waals surface area contributed by atoms with Gasteiger partial charge in [0.1, 0.15) is 0 Å². The van der Waals surface area contributed by atoms with Gasteiger partial charge in [0, 0.05) is 33.2 Å². The van der Waals surface area contributed by atoms with E-state index in [2.05, 4.69) is 51.1 Å². The Morgan fingerprint density at radius 2 is 1.88 bits per heavy atom. The summed E-state index contributed by atoms with van der Waals surface area (Å²) < 4.78 is 25.3. The first kappa shape index (κ1) is 20.4. The number of hydrogen-bond donors (Lipinski definition) is 2. The van der Waals surface area contributed by atoms with Crippen molar-refractivity contribution >= 4 is 16.0 Å². The van der Waals surface area contributed by atoms with Gasteiger partial charge < -0.3 is 10.2 Å². The number of nitrogens with one attached hydrogen (secondary N) is 2. The number of nitrogens with zero attached hydrogens (tertiary/aromatic N) is 2. The minimum Gasteiger partial charge on any atom is -0.357 e. The van der Waals surface area contributed by atoms with Crippen LogP contribution in [0, 0.1) is 6.92 Å². The predicted molar refractivity (Wildman–Crippen MR) is 101 cm³/mol. The third kappa shape index (κ3) is 7.79. The Hall–Kier alpha value is -1.60. The summed E-state index contributed by atoms with van der Waals surface area (Å²) >= 11 is 0. The van der Waals surface area contributed by atoms with Gasteiger partial charge in [0.05, 0.1) is 5.75 Å². The molecule has 0 aliphatic rings. The summed E-state index contributed by atoms with van der Waals surface area (Å²) in [6, 6.07) is 8.45. The van der Waals surface area contributed by atoms with Crippen molar-refractivity contribution in [3.8, 4) is 0 Å². The Labute approximate surface area is 146 Å². The van der Waals surface area contributed by atoms with E-state index in [1.165, 1.54) is 11.1 Å². The highest BCUT2D eigenvalue weighted by Gasteiger charge is 2.07. The van der Waals surface area contributed by atoms with Gasteiger partial charge in [-0.15, -0.1) is 0 Å². The Morgan fingerprint density at radius 3 is 2.46 bits per heavy atom. The fraction of sp³-hybridized carbons (Fsp3) is 0.588. The summed E-state index contributed by atoms with van der Waals surface area (Å²) in [4.78, 5) is 6.64. The second-order valence-electron chi connectivity index (χ2n) is 5.73. The SMILES string of the molecule is CCNC(=NCCCNS(=O)(=O)CC)N(C)Cc1ccc(C)cc1. The van der Waals surface area contributed by atoms with Crippen LogP contribution in [0.5, 0.6) is 0 Å². The number of guanidine groups is 1. The standard InChI is InChI=1S/C17H30N4O2S/c1-5-18-17(19-12-7-13-20-24(22,23)6-2)21(4)14-16-10-8-15(3)9-11-16/h8-11,20H,5-7,12-14H2,1-4H3,(H,18,19). The molecule has 2 N–H and O–H groups in total. The van der Waals surface area contributed by atoms with Crippen LogP contribution in [-0.4, -0.2) is 51.7 Å². The monoisotopic (exact) mass is 354 g/mol. The topological polar surface area (TPSA) is 73.8 Å². The minimum atomic E-state index is -3.12. The Morgan fingerprint density at radius 1 is 1.21 bits per heavy atom. The zero-order chi connectivity index (χ0) is 18.0. The molecule has 0 atom stereocenters. The van der Waals surface area contributed by atoms with Crippen LogP contribution in [0.1, 0.15) is 31.4 Å². The average molecular weight is 355 g/mol. The van der Waals surface area contributed by atoms with Crippen LogP contribution in [0.4, 0.5) is 0 Å². The quantitative estimate of drug-likeness (QED) is 0.402. The number of rotatable bonds is 9. The van der Waals surface area contributed by atoms with Crippen molar-refractivity contribution in [3.63, 3.8) is 0 Å². The summed E-state index contributed by atoms with van der Waals surface area (Å²) in [5, 5.41) is 3.27. The van der Waals surface area contributed by atoms with Gasteiger partial charge in [-0.05, 0) is 32.8 Å². The molecule has 24 heavy (non-hydrogen) atoms. The van der Waals surface area contributed by atoms with E-state index in [-0.39, 0.29) is 5.75 Å². The minimum absolute atomic E-state index is 0.109. The number of benzene rings is 1. The van der Waals surface area contributed by atoms with Crippen molar-refractivity contribution in [2.45, 2.75) is 33.7 Å². The first-order valence-corrected chi connectivity index (χ1v) is 10.1. The van der Waals surface area contributed by atoms with Gasteiger partial charge in [0.15, 0.2) is 5.96 Å². The van der Waals surface area contributed by atoms with Crippen molar-refractivity contribution in [1.82, 2.24) is 14.9 Å². The molecule has 0 heterocycles. The van der Waals surface area contributed by atoms with E-state index in [1.807, 2.05) is 14.0 Å². The molecular weight excluding hydrogens is 324 g/mol. The molecule has 0 fully saturated rings. The van der Waals surface area contributed by atoms with Gasteiger partial charge in [0.25, 0.3) is 0 Å². The van der Waals surface area contributed by atoms with E-state index < -0.39 is 10.0 Å². The van der Waals surface area contributed by atoms with Gasteiger partial charge in [-0.25, -0.2) is 13.1 Å². The largest absolute Gasteiger partial charge is 0.357 e. The van der Waals surface area contributed by atoms with Crippen LogP contribution < -0.4 is 10.0 Å². The third-order valence-electron chi connectivity index (χ3n) is 3.54. The van der Waals surface area contributed by atoms with Crippen molar-refractivity contribution < 1.29 is 8.42 Å². The number of aryl methyl sites for hydroxylation is 1. The van der Waals surface area contributed by atoms with E-state index in [4.69, 9.17) is 0 Å².